The van der Waals surface area contributed by atoms with Crippen LogP contribution in [0.1, 0.15) is 19.4 Å². The highest BCUT2D eigenvalue weighted by atomic mass is 16.6. The molecular weight excluding hydrogens is 278 g/mol. The summed E-state index contributed by atoms with van der Waals surface area (Å²) in [5.41, 5.74) is -0.576. The van der Waals surface area contributed by atoms with Crippen molar-refractivity contribution in [3.05, 3.63) is 33.9 Å². The van der Waals surface area contributed by atoms with E-state index in [9.17, 15) is 24.8 Å². The van der Waals surface area contributed by atoms with Gasteiger partial charge in [-0.3, -0.25) is 25.0 Å². The van der Waals surface area contributed by atoms with E-state index in [1.165, 1.54) is 18.2 Å². The molecule has 0 aromatic heterocycles. The fraction of sp³-hybridized carbons (Fsp3) is 0.385. The molecular formula is C13H15N3O5. The van der Waals surface area contributed by atoms with Gasteiger partial charge in [-0.05, 0) is 26.0 Å². The molecule has 0 saturated carbocycles. The molecule has 1 fully saturated rings. The quantitative estimate of drug-likeness (QED) is 0.471. The van der Waals surface area contributed by atoms with Crippen LogP contribution >= 0.6 is 0 Å². The third-order valence-electron chi connectivity index (χ3n) is 3.53. The molecule has 1 aliphatic rings. The molecule has 2 amide bonds. The number of aliphatic hydroxyl groups is 1. The second kappa shape index (κ2) is 5.13. The van der Waals surface area contributed by atoms with Gasteiger partial charge in [0.2, 0.25) is 5.91 Å². The summed E-state index contributed by atoms with van der Waals surface area (Å²) in [6.45, 7) is 2.75. The molecule has 0 unspecified atom stereocenters. The molecule has 8 nitrogen and oxygen atoms in total. The number of anilines is 1. The van der Waals surface area contributed by atoms with Crippen LogP contribution in [0.15, 0.2) is 18.2 Å². The largest absolute Gasteiger partial charge is 0.391 e. The van der Waals surface area contributed by atoms with E-state index in [1.807, 2.05) is 0 Å². The van der Waals surface area contributed by atoms with Crippen LogP contribution in [0, 0.1) is 10.1 Å². The number of hydrogen-bond acceptors (Lipinski definition) is 6. The second-order valence-corrected chi connectivity index (χ2v) is 5.25. The maximum Gasteiger partial charge on any atom is 0.275 e. The standard InChI is InChI=1S/C13H15N3O5/c1-13(2)12(19)14-11(18)6-15(13)9-3-4-10(16(20)21)8(5-9)7-17/h3-5,17H,6-7H2,1-2H3,(H,14,18,19). The third-order valence-corrected chi connectivity index (χ3v) is 3.53. The van der Waals surface area contributed by atoms with Crippen molar-refractivity contribution >= 4 is 23.2 Å². The lowest BCUT2D eigenvalue weighted by Crippen LogP contribution is -2.64. The Morgan fingerprint density at radius 2 is 2.10 bits per heavy atom. The first-order chi connectivity index (χ1) is 9.77. The summed E-state index contributed by atoms with van der Waals surface area (Å²) < 4.78 is 0. The molecule has 0 radical (unpaired) electrons. The Morgan fingerprint density at radius 1 is 1.43 bits per heavy atom. The number of nitrogens with zero attached hydrogens (tertiary/aromatic N) is 2. The Balaban J connectivity index is 2.47. The highest BCUT2D eigenvalue weighted by molar-refractivity contribution is 6.06. The molecule has 1 heterocycles. The van der Waals surface area contributed by atoms with Gasteiger partial charge in [-0.1, -0.05) is 0 Å². The van der Waals surface area contributed by atoms with Crippen LogP contribution in [0.4, 0.5) is 11.4 Å². The molecule has 112 valence electrons. The van der Waals surface area contributed by atoms with Gasteiger partial charge in [-0.15, -0.1) is 0 Å². The number of amides is 2. The molecule has 1 aliphatic heterocycles. The lowest BCUT2D eigenvalue weighted by molar-refractivity contribution is -0.385. The molecule has 0 spiro atoms. The number of aliphatic hydroxyl groups excluding tert-OH is 1. The number of piperazine rings is 1. The molecule has 2 N–H and O–H groups in total. The fourth-order valence-electron chi connectivity index (χ4n) is 2.24. The summed E-state index contributed by atoms with van der Waals surface area (Å²) in [6.07, 6.45) is 0. The van der Waals surface area contributed by atoms with Crippen LogP contribution < -0.4 is 10.2 Å². The molecule has 1 aromatic carbocycles. The van der Waals surface area contributed by atoms with Gasteiger partial charge in [-0.25, -0.2) is 0 Å². The van der Waals surface area contributed by atoms with Crippen LogP contribution in [0.3, 0.4) is 0 Å². The van der Waals surface area contributed by atoms with E-state index in [1.54, 1.807) is 18.7 Å². The third kappa shape index (κ3) is 2.57. The van der Waals surface area contributed by atoms with Gasteiger partial charge in [-0.2, -0.15) is 0 Å². The minimum Gasteiger partial charge on any atom is -0.391 e. The first-order valence-corrected chi connectivity index (χ1v) is 6.27. The first kappa shape index (κ1) is 14.9. The highest BCUT2D eigenvalue weighted by Gasteiger charge is 2.41. The van der Waals surface area contributed by atoms with Crippen LogP contribution in [0.5, 0.6) is 0 Å². The summed E-state index contributed by atoms with van der Waals surface area (Å²) in [4.78, 5) is 35.3. The number of nitro benzene ring substituents is 1. The number of rotatable bonds is 3. The average molecular weight is 293 g/mol. The van der Waals surface area contributed by atoms with Crippen molar-refractivity contribution in [1.82, 2.24) is 5.32 Å². The zero-order chi connectivity index (χ0) is 15.8. The van der Waals surface area contributed by atoms with Gasteiger partial charge >= 0.3 is 0 Å². The number of carbonyl (C=O) groups is 2. The van der Waals surface area contributed by atoms with Gasteiger partial charge in [0.25, 0.3) is 11.6 Å². The second-order valence-electron chi connectivity index (χ2n) is 5.25. The number of carbonyl (C=O) groups excluding carboxylic acids is 2. The Morgan fingerprint density at radius 3 is 2.67 bits per heavy atom. The van der Waals surface area contributed by atoms with Crippen molar-refractivity contribution in [2.24, 2.45) is 0 Å². The van der Waals surface area contributed by atoms with E-state index >= 15 is 0 Å². The molecule has 1 aromatic rings. The van der Waals surface area contributed by atoms with Crippen LogP contribution in [-0.4, -0.2) is 33.9 Å². The van der Waals surface area contributed by atoms with Gasteiger partial charge in [0.05, 0.1) is 23.6 Å². The normalized spacial score (nSPS) is 17.6. The molecule has 0 bridgehead atoms. The first-order valence-electron chi connectivity index (χ1n) is 6.27. The maximum atomic E-state index is 11.9. The van der Waals surface area contributed by atoms with Crippen LogP contribution in [0.25, 0.3) is 0 Å². The monoisotopic (exact) mass is 293 g/mol. The summed E-state index contributed by atoms with van der Waals surface area (Å²) in [6, 6.07) is 4.14. The molecule has 21 heavy (non-hydrogen) atoms. The average Bonchev–Trinajstić information content (AvgIpc) is 2.42. The zero-order valence-electron chi connectivity index (χ0n) is 11.6. The maximum absolute atomic E-state index is 11.9. The topological polar surface area (TPSA) is 113 Å². The predicted octanol–water partition coefficient (Wildman–Crippen LogP) is 0.329. The van der Waals surface area contributed by atoms with E-state index < -0.39 is 28.9 Å². The van der Waals surface area contributed by atoms with Crippen molar-refractivity contribution in [2.75, 3.05) is 11.4 Å². The molecule has 0 atom stereocenters. The summed E-state index contributed by atoms with van der Waals surface area (Å²) in [5.74, 6) is -0.883. The van der Waals surface area contributed by atoms with Crippen molar-refractivity contribution < 1.29 is 19.6 Å². The number of nitro groups is 1. The van der Waals surface area contributed by atoms with Crippen molar-refractivity contribution in [1.29, 1.82) is 0 Å². The predicted molar refractivity (Wildman–Crippen MR) is 73.6 cm³/mol. The molecule has 2 rings (SSSR count). The number of hydrogen-bond donors (Lipinski definition) is 2. The van der Waals surface area contributed by atoms with Gasteiger partial charge in [0.15, 0.2) is 0 Å². The van der Waals surface area contributed by atoms with E-state index in [0.29, 0.717) is 5.69 Å². The Kier molecular flexibility index (Phi) is 3.65. The zero-order valence-corrected chi connectivity index (χ0v) is 11.6. The van der Waals surface area contributed by atoms with E-state index in [4.69, 9.17) is 0 Å². The van der Waals surface area contributed by atoms with Crippen LogP contribution in [-0.2, 0) is 16.2 Å². The fourth-order valence-corrected chi connectivity index (χ4v) is 2.24. The summed E-state index contributed by atoms with van der Waals surface area (Å²) in [7, 11) is 0. The number of imide groups is 1. The minimum atomic E-state index is -0.975. The van der Waals surface area contributed by atoms with Crippen molar-refractivity contribution in [3.8, 4) is 0 Å². The Labute approximate surface area is 120 Å². The van der Waals surface area contributed by atoms with Gasteiger partial charge < -0.3 is 10.0 Å². The summed E-state index contributed by atoms with van der Waals surface area (Å²) >= 11 is 0. The van der Waals surface area contributed by atoms with E-state index in [2.05, 4.69) is 5.32 Å². The molecule has 8 heteroatoms. The van der Waals surface area contributed by atoms with E-state index in [0.717, 1.165) is 0 Å². The SMILES string of the molecule is CC1(C)C(=O)NC(=O)CN1c1ccc([N+](=O)[O-])c(CO)c1. The number of nitrogens with one attached hydrogen (secondary N) is 1. The van der Waals surface area contributed by atoms with Gasteiger partial charge in [0, 0.05) is 11.8 Å². The van der Waals surface area contributed by atoms with Crippen LogP contribution in [0.2, 0.25) is 0 Å². The smallest absolute Gasteiger partial charge is 0.275 e. The minimum absolute atomic E-state index is 0.0403. The summed E-state index contributed by atoms with van der Waals surface area (Å²) in [5, 5.41) is 22.4. The Hall–Kier alpha value is -2.48. The highest BCUT2D eigenvalue weighted by Crippen LogP contribution is 2.30. The number of benzene rings is 1. The Bertz CT molecular complexity index is 626. The lowest BCUT2D eigenvalue weighted by atomic mass is 9.97. The van der Waals surface area contributed by atoms with Crippen molar-refractivity contribution in [2.45, 2.75) is 26.0 Å². The molecule has 0 aliphatic carbocycles. The lowest BCUT2D eigenvalue weighted by Gasteiger charge is -2.41. The van der Waals surface area contributed by atoms with Gasteiger partial charge in [0.1, 0.15) is 5.54 Å². The molecule has 1 saturated heterocycles. The van der Waals surface area contributed by atoms with E-state index in [-0.39, 0.29) is 17.8 Å². The van der Waals surface area contributed by atoms with Crippen molar-refractivity contribution in [3.63, 3.8) is 0 Å².